The lowest BCUT2D eigenvalue weighted by atomic mass is 10.0. The van der Waals surface area contributed by atoms with E-state index >= 15 is 0 Å². The molecule has 0 bridgehead atoms. The Morgan fingerprint density at radius 1 is 1.33 bits per heavy atom. The summed E-state index contributed by atoms with van der Waals surface area (Å²) in [5, 5.41) is 5.65. The Labute approximate surface area is 118 Å². The van der Waals surface area contributed by atoms with Crippen LogP contribution in [0.25, 0.3) is 0 Å². The molecule has 0 aliphatic rings. The Morgan fingerprint density at radius 3 is 2.39 bits per heavy atom. The molecule has 5 heteroatoms. The standard InChI is InChI=1S/C13H18Cl2N2O/c1-4-13(2,3)16-8-11(18)17-12-9(14)6-5-7-10(12)15/h5-7,16H,4,8H2,1-3H3,(H,17,18)/p+1. The number of carbonyl (C=O) groups is 1. The summed E-state index contributed by atoms with van der Waals surface area (Å²) in [6.45, 7) is 6.65. The van der Waals surface area contributed by atoms with E-state index in [0.29, 0.717) is 22.3 Å². The highest BCUT2D eigenvalue weighted by Crippen LogP contribution is 2.29. The Bertz CT molecular complexity index is 413. The predicted octanol–water partition coefficient (Wildman–Crippen LogP) is 2.68. The van der Waals surface area contributed by atoms with Crippen LogP contribution < -0.4 is 10.6 Å². The van der Waals surface area contributed by atoms with Crippen molar-refractivity contribution in [3.05, 3.63) is 28.2 Å². The second-order valence-electron chi connectivity index (χ2n) is 4.90. The molecule has 0 atom stereocenters. The number of para-hydroxylation sites is 1. The second kappa shape index (κ2) is 6.41. The molecule has 1 aromatic carbocycles. The van der Waals surface area contributed by atoms with Crippen molar-refractivity contribution in [1.29, 1.82) is 0 Å². The van der Waals surface area contributed by atoms with Gasteiger partial charge in [-0.15, -0.1) is 0 Å². The summed E-state index contributed by atoms with van der Waals surface area (Å²) in [7, 11) is 0. The molecule has 100 valence electrons. The first-order valence-corrected chi connectivity index (χ1v) is 6.69. The molecule has 18 heavy (non-hydrogen) atoms. The van der Waals surface area contributed by atoms with Crippen LogP contribution in [0.15, 0.2) is 18.2 Å². The van der Waals surface area contributed by atoms with Crippen LogP contribution in [0, 0.1) is 0 Å². The number of hydrogen-bond acceptors (Lipinski definition) is 1. The van der Waals surface area contributed by atoms with E-state index in [-0.39, 0.29) is 11.4 Å². The molecule has 3 nitrogen and oxygen atoms in total. The van der Waals surface area contributed by atoms with Gasteiger partial charge in [0.25, 0.3) is 5.91 Å². The van der Waals surface area contributed by atoms with Gasteiger partial charge in [0.2, 0.25) is 0 Å². The molecule has 0 fully saturated rings. The van der Waals surface area contributed by atoms with Gasteiger partial charge in [0.1, 0.15) is 0 Å². The number of amides is 1. The van der Waals surface area contributed by atoms with Gasteiger partial charge in [-0.25, -0.2) is 0 Å². The number of benzene rings is 1. The van der Waals surface area contributed by atoms with Crippen LogP contribution in [0.1, 0.15) is 27.2 Å². The Kier molecular flexibility index (Phi) is 5.45. The maximum atomic E-state index is 11.8. The van der Waals surface area contributed by atoms with Gasteiger partial charge in [0.05, 0.1) is 21.3 Å². The third-order valence-corrected chi connectivity index (χ3v) is 3.61. The van der Waals surface area contributed by atoms with Crippen molar-refractivity contribution in [1.82, 2.24) is 0 Å². The van der Waals surface area contributed by atoms with E-state index in [2.05, 4.69) is 26.1 Å². The fraction of sp³-hybridized carbons (Fsp3) is 0.462. The topological polar surface area (TPSA) is 45.7 Å². The molecule has 0 unspecified atom stereocenters. The van der Waals surface area contributed by atoms with Crippen molar-refractivity contribution in [2.24, 2.45) is 0 Å². The van der Waals surface area contributed by atoms with Gasteiger partial charge in [-0.3, -0.25) is 4.79 Å². The summed E-state index contributed by atoms with van der Waals surface area (Å²) >= 11 is 12.0. The summed E-state index contributed by atoms with van der Waals surface area (Å²) in [6.07, 6.45) is 0.993. The number of nitrogens with one attached hydrogen (secondary N) is 1. The van der Waals surface area contributed by atoms with Crippen molar-refractivity contribution in [2.75, 3.05) is 11.9 Å². The first-order chi connectivity index (χ1) is 8.35. The van der Waals surface area contributed by atoms with Crippen LogP contribution in [-0.4, -0.2) is 18.0 Å². The fourth-order valence-corrected chi connectivity index (χ4v) is 1.81. The lowest BCUT2D eigenvalue weighted by Crippen LogP contribution is -2.96. The number of nitrogens with two attached hydrogens (primary N) is 1. The molecule has 0 heterocycles. The molecule has 0 aliphatic heterocycles. The largest absolute Gasteiger partial charge is 0.334 e. The highest BCUT2D eigenvalue weighted by atomic mass is 35.5. The van der Waals surface area contributed by atoms with Crippen molar-refractivity contribution >= 4 is 34.8 Å². The molecule has 1 amide bonds. The van der Waals surface area contributed by atoms with E-state index in [0.717, 1.165) is 6.42 Å². The van der Waals surface area contributed by atoms with Gasteiger partial charge in [0.15, 0.2) is 6.54 Å². The lowest BCUT2D eigenvalue weighted by Gasteiger charge is -2.20. The summed E-state index contributed by atoms with van der Waals surface area (Å²) in [6, 6.07) is 5.14. The van der Waals surface area contributed by atoms with E-state index in [1.54, 1.807) is 18.2 Å². The van der Waals surface area contributed by atoms with Crippen LogP contribution in [-0.2, 0) is 4.79 Å². The van der Waals surface area contributed by atoms with Gasteiger partial charge in [-0.1, -0.05) is 36.2 Å². The fourth-order valence-electron chi connectivity index (χ4n) is 1.32. The van der Waals surface area contributed by atoms with Crippen LogP contribution in [0.4, 0.5) is 5.69 Å². The Balaban J connectivity index is 2.61. The third-order valence-electron chi connectivity index (χ3n) is 2.98. The molecule has 1 aromatic rings. The summed E-state index contributed by atoms with van der Waals surface area (Å²) in [4.78, 5) is 11.8. The van der Waals surface area contributed by atoms with Crippen molar-refractivity contribution in [2.45, 2.75) is 32.7 Å². The Morgan fingerprint density at radius 2 is 1.89 bits per heavy atom. The highest BCUT2D eigenvalue weighted by Gasteiger charge is 2.20. The zero-order valence-corrected chi connectivity index (χ0v) is 12.4. The minimum atomic E-state index is -0.105. The normalized spacial score (nSPS) is 11.4. The van der Waals surface area contributed by atoms with Crippen LogP contribution in [0.5, 0.6) is 0 Å². The number of rotatable bonds is 5. The summed E-state index contributed by atoms with van der Waals surface area (Å²) < 4.78 is 0. The molecule has 0 spiro atoms. The average molecular weight is 290 g/mol. The molecule has 0 aliphatic carbocycles. The maximum Gasteiger partial charge on any atom is 0.279 e. The SMILES string of the molecule is CCC(C)(C)[NH2+]CC(=O)Nc1c(Cl)cccc1Cl. The van der Waals surface area contributed by atoms with Gasteiger partial charge >= 0.3 is 0 Å². The quantitative estimate of drug-likeness (QED) is 0.860. The van der Waals surface area contributed by atoms with Gasteiger partial charge in [-0.05, 0) is 32.4 Å². The monoisotopic (exact) mass is 289 g/mol. The Hall–Kier alpha value is -0.770. The maximum absolute atomic E-state index is 11.8. The molecular weight excluding hydrogens is 271 g/mol. The third kappa shape index (κ3) is 4.48. The molecule has 0 radical (unpaired) electrons. The zero-order chi connectivity index (χ0) is 13.8. The minimum absolute atomic E-state index is 0.0572. The number of quaternary nitrogens is 1. The van der Waals surface area contributed by atoms with Crippen molar-refractivity contribution < 1.29 is 10.1 Å². The van der Waals surface area contributed by atoms with E-state index in [1.807, 2.05) is 5.32 Å². The average Bonchev–Trinajstić information content (AvgIpc) is 2.32. The lowest BCUT2D eigenvalue weighted by molar-refractivity contribution is -0.711. The molecule has 0 saturated carbocycles. The van der Waals surface area contributed by atoms with Crippen LogP contribution in [0.2, 0.25) is 10.0 Å². The van der Waals surface area contributed by atoms with Crippen LogP contribution >= 0.6 is 23.2 Å². The summed E-state index contributed by atoms with van der Waals surface area (Å²) in [5.41, 5.74) is 0.537. The van der Waals surface area contributed by atoms with E-state index in [1.165, 1.54) is 0 Å². The van der Waals surface area contributed by atoms with E-state index in [9.17, 15) is 4.79 Å². The summed E-state index contributed by atoms with van der Waals surface area (Å²) in [5.74, 6) is -0.105. The van der Waals surface area contributed by atoms with Gasteiger partial charge < -0.3 is 10.6 Å². The highest BCUT2D eigenvalue weighted by molar-refractivity contribution is 6.39. The minimum Gasteiger partial charge on any atom is -0.334 e. The molecular formula is C13H19Cl2N2O+. The first-order valence-electron chi connectivity index (χ1n) is 5.94. The van der Waals surface area contributed by atoms with Gasteiger partial charge in [-0.2, -0.15) is 0 Å². The number of hydrogen-bond donors (Lipinski definition) is 2. The molecule has 1 rings (SSSR count). The van der Waals surface area contributed by atoms with Crippen molar-refractivity contribution in [3.8, 4) is 0 Å². The van der Waals surface area contributed by atoms with Crippen molar-refractivity contribution in [3.63, 3.8) is 0 Å². The number of carbonyl (C=O) groups excluding carboxylic acids is 1. The second-order valence-corrected chi connectivity index (χ2v) is 5.71. The van der Waals surface area contributed by atoms with E-state index in [4.69, 9.17) is 23.2 Å². The molecule has 0 aromatic heterocycles. The van der Waals surface area contributed by atoms with Crippen LogP contribution in [0.3, 0.4) is 0 Å². The first kappa shape index (κ1) is 15.3. The molecule has 0 saturated heterocycles. The number of halogens is 2. The number of anilines is 1. The zero-order valence-electron chi connectivity index (χ0n) is 10.9. The smallest absolute Gasteiger partial charge is 0.279 e. The predicted molar refractivity (Wildman–Crippen MR) is 76.3 cm³/mol. The van der Waals surface area contributed by atoms with Gasteiger partial charge in [0, 0.05) is 0 Å². The molecule has 3 N–H and O–H groups in total. The van der Waals surface area contributed by atoms with E-state index < -0.39 is 0 Å².